The Morgan fingerprint density at radius 3 is 2.38 bits per heavy atom. The molecule has 3 N–H and O–H groups in total. The second kappa shape index (κ2) is 5.97. The molecule has 0 aliphatic rings. The van der Waals surface area contributed by atoms with Gasteiger partial charge < -0.3 is 20.3 Å². The van der Waals surface area contributed by atoms with Crippen molar-refractivity contribution in [3.8, 4) is 11.5 Å². The van der Waals surface area contributed by atoms with Crippen molar-refractivity contribution in [1.29, 1.82) is 0 Å². The third-order valence-corrected chi connectivity index (χ3v) is 1.90. The van der Waals surface area contributed by atoms with E-state index in [1.165, 1.54) is 0 Å². The van der Waals surface area contributed by atoms with E-state index in [0.717, 1.165) is 5.75 Å². The summed E-state index contributed by atoms with van der Waals surface area (Å²) in [5, 5.41) is 8.74. The topological polar surface area (TPSA) is 81.8 Å². The maximum atomic E-state index is 10.7. The number of carbonyl (C=O) groups is 1. The molecule has 0 aromatic heterocycles. The number of carboxylic acids is 1. The molecule has 1 atom stereocenters. The number of rotatable bonds is 6. The third-order valence-electron chi connectivity index (χ3n) is 1.90. The lowest BCUT2D eigenvalue weighted by molar-refractivity contribution is -0.144. The molecule has 16 heavy (non-hydrogen) atoms. The normalized spacial score (nSPS) is 11.9. The number of nitrogens with two attached hydrogens (primary N) is 1. The van der Waals surface area contributed by atoms with Gasteiger partial charge in [0.1, 0.15) is 11.5 Å². The van der Waals surface area contributed by atoms with E-state index in [4.69, 9.17) is 20.3 Å². The minimum atomic E-state index is -1.07. The molecule has 0 saturated heterocycles. The number of carboxylic acid groups (broad SMARTS) is 1. The minimum absolute atomic E-state index is 0.0669. The molecule has 1 rings (SSSR count). The van der Waals surface area contributed by atoms with Crippen LogP contribution in [0.4, 0.5) is 0 Å². The van der Waals surface area contributed by atoms with E-state index in [1.54, 1.807) is 24.3 Å². The number of aliphatic carboxylic acids is 1. The molecule has 1 aromatic carbocycles. The molecule has 1 aromatic rings. The summed E-state index contributed by atoms with van der Waals surface area (Å²) in [4.78, 5) is 10.7. The molecule has 0 heterocycles. The Labute approximate surface area is 93.8 Å². The summed E-state index contributed by atoms with van der Waals surface area (Å²) in [5.41, 5.74) is 5.27. The molecular formula is C11H15NO4. The Bertz CT molecular complexity index is 336. The molecule has 0 fully saturated rings. The van der Waals surface area contributed by atoms with Crippen molar-refractivity contribution in [1.82, 2.24) is 0 Å². The van der Waals surface area contributed by atoms with E-state index in [0.29, 0.717) is 12.4 Å². The zero-order chi connectivity index (χ0) is 12.0. The summed E-state index contributed by atoms with van der Waals surface area (Å²) in [6.07, 6.45) is -1.02. The van der Waals surface area contributed by atoms with Crippen molar-refractivity contribution in [3.63, 3.8) is 0 Å². The van der Waals surface area contributed by atoms with Crippen molar-refractivity contribution in [2.45, 2.75) is 13.0 Å². The van der Waals surface area contributed by atoms with Crippen molar-refractivity contribution >= 4 is 5.97 Å². The molecular weight excluding hydrogens is 210 g/mol. The van der Waals surface area contributed by atoms with Gasteiger partial charge in [0.25, 0.3) is 0 Å². The predicted octanol–water partition coefficient (Wildman–Crippen LogP) is 0.876. The average Bonchev–Trinajstić information content (AvgIpc) is 2.28. The molecule has 0 amide bonds. The van der Waals surface area contributed by atoms with Crippen molar-refractivity contribution in [3.05, 3.63) is 24.3 Å². The molecule has 0 aliphatic carbocycles. The van der Waals surface area contributed by atoms with Gasteiger partial charge in [-0.15, -0.1) is 0 Å². The van der Waals surface area contributed by atoms with Gasteiger partial charge in [0, 0.05) is 6.54 Å². The Balaban J connectivity index is 2.63. The highest BCUT2D eigenvalue weighted by atomic mass is 16.5. The molecule has 0 aliphatic heterocycles. The summed E-state index contributed by atoms with van der Waals surface area (Å²) in [5.74, 6) is 0.104. The van der Waals surface area contributed by atoms with Crippen molar-refractivity contribution < 1.29 is 19.4 Å². The number of ether oxygens (including phenoxy) is 2. The second-order valence-corrected chi connectivity index (χ2v) is 3.08. The van der Waals surface area contributed by atoms with Gasteiger partial charge in [-0.05, 0) is 31.2 Å². The van der Waals surface area contributed by atoms with Gasteiger partial charge in [-0.3, -0.25) is 0 Å². The summed E-state index contributed by atoms with van der Waals surface area (Å²) < 4.78 is 10.4. The zero-order valence-corrected chi connectivity index (χ0v) is 9.05. The molecule has 1 unspecified atom stereocenters. The predicted molar refractivity (Wildman–Crippen MR) is 58.7 cm³/mol. The second-order valence-electron chi connectivity index (χ2n) is 3.08. The van der Waals surface area contributed by atoms with E-state index < -0.39 is 12.1 Å². The number of benzene rings is 1. The first-order chi connectivity index (χ1) is 7.67. The van der Waals surface area contributed by atoms with Gasteiger partial charge in [0.2, 0.25) is 6.10 Å². The molecule has 0 bridgehead atoms. The molecule has 5 nitrogen and oxygen atoms in total. The summed E-state index contributed by atoms with van der Waals surface area (Å²) in [7, 11) is 0. The fourth-order valence-electron chi connectivity index (χ4n) is 1.14. The molecule has 5 heteroatoms. The lowest BCUT2D eigenvalue weighted by Gasteiger charge is -2.13. The van der Waals surface area contributed by atoms with E-state index in [9.17, 15) is 4.79 Å². The molecule has 0 spiro atoms. The number of hydrogen-bond donors (Lipinski definition) is 2. The largest absolute Gasteiger partial charge is 0.494 e. The highest BCUT2D eigenvalue weighted by Gasteiger charge is 2.16. The summed E-state index contributed by atoms with van der Waals surface area (Å²) in [6.45, 7) is 2.41. The van der Waals surface area contributed by atoms with Crippen molar-refractivity contribution in [2.75, 3.05) is 13.2 Å². The molecule has 88 valence electrons. The highest BCUT2D eigenvalue weighted by molar-refractivity contribution is 5.73. The van der Waals surface area contributed by atoms with Crippen LogP contribution in [0.25, 0.3) is 0 Å². The van der Waals surface area contributed by atoms with E-state index in [2.05, 4.69) is 0 Å². The monoisotopic (exact) mass is 225 g/mol. The Kier molecular flexibility index (Phi) is 4.60. The number of hydrogen-bond acceptors (Lipinski definition) is 4. The van der Waals surface area contributed by atoms with Crippen LogP contribution in [0.1, 0.15) is 6.92 Å². The maximum absolute atomic E-state index is 10.7. The van der Waals surface area contributed by atoms with E-state index in [1.807, 2.05) is 6.92 Å². The first kappa shape index (κ1) is 12.3. The van der Waals surface area contributed by atoms with Gasteiger partial charge in [-0.2, -0.15) is 0 Å². The van der Waals surface area contributed by atoms with Crippen LogP contribution >= 0.6 is 0 Å². The van der Waals surface area contributed by atoms with Gasteiger partial charge in [-0.25, -0.2) is 4.79 Å². The average molecular weight is 225 g/mol. The Morgan fingerprint density at radius 1 is 1.38 bits per heavy atom. The fourth-order valence-corrected chi connectivity index (χ4v) is 1.14. The zero-order valence-electron chi connectivity index (χ0n) is 9.05. The van der Waals surface area contributed by atoms with Crippen LogP contribution in [0.2, 0.25) is 0 Å². The van der Waals surface area contributed by atoms with Crippen LogP contribution in [-0.4, -0.2) is 30.3 Å². The highest BCUT2D eigenvalue weighted by Crippen LogP contribution is 2.18. The lowest BCUT2D eigenvalue weighted by Crippen LogP contribution is -2.34. The summed E-state index contributed by atoms with van der Waals surface area (Å²) >= 11 is 0. The quantitative estimate of drug-likeness (QED) is 0.750. The standard InChI is InChI=1S/C11H15NO4/c1-2-15-8-3-5-9(6-4-8)16-10(7-12)11(13)14/h3-6,10H,2,7,12H2,1H3,(H,13,14). The van der Waals surface area contributed by atoms with Crippen LogP contribution in [0.5, 0.6) is 11.5 Å². The smallest absolute Gasteiger partial charge is 0.346 e. The van der Waals surface area contributed by atoms with Crippen molar-refractivity contribution in [2.24, 2.45) is 5.73 Å². The van der Waals surface area contributed by atoms with Gasteiger partial charge in [-0.1, -0.05) is 0 Å². The first-order valence-electron chi connectivity index (χ1n) is 4.99. The first-order valence-corrected chi connectivity index (χ1v) is 4.99. The van der Waals surface area contributed by atoms with Crippen LogP contribution in [0, 0.1) is 0 Å². The summed E-state index contributed by atoms with van der Waals surface area (Å²) in [6, 6.07) is 6.73. The third kappa shape index (κ3) is 3.43. The van der Waals surface area contributed by atoms with Gasteiger partial charge in [0.15, 0.2) is 0 Å². The lowest BCUT2D eigenvalue weighted by atomic mass is 10.3. The van der Waals surface area contributed by atoms with Gasteiger partial charge in [0.05, 0.1) is 6.61 Å². The van der Waals surface area contributed by atoms with Crippen LogP contribution in [-0.2, 0) is 4.79 Å². The van der Waals surface area contributed by atoms with Crippen LogP contribution in [0.3, 0.4) is 0 Å². The Hall–Kier alpha value is -1.75. The molecule has 0 radical (unpaired) electrons. The van der Waals surface area contributed by atoms with Crippen LogP contribution in [0.15, 0.2) is 24.3 Å². The van der Waals surface area contributed by atoms with E-state index in [-0.39, 0.29) is 6.54 Å². The van der Waals surface area contributed by atoms with Crippen LogP contribution < -0.4 is 15.2 Å². The molecule has 0 saturated carbocycles. The maximum Gasteiger partial charge on any atom is 0.346 e. The van der Waals surface area contributed by atoms with Gasteiger partial charge >= 0.3 is 5.97 Å². The SMILES string of the molecule is CCOc1ccc(OC(CN)C(=O)O)cc1. The minimum Gasteiger partial charge on any atom is -0.494 e. The fraction of sp³-hybridized carbons (Fsp3) is 0.364. The Morgan fingerprint density at radius 2 is 1.94 bits per heavy atom. The van der Waals surface area contributed by atoms with E-state index >= 15 is 0 Å².